The number of Topliss-reactive ketones (excluding diaryl/α,β-unsaturated/α-hetero) is 1. The smallest absolute Gasteiger partial charge is 0.295 e. The summed E-state index contributed by atoms with van der Waals surface area (Å²) >= 11 is 0. The van der Waals surface area contributed by atoms with Gasteiger partial charge in [-0.05, 0) is 25.0 Å². The molecule has 0 bridgehead atoms. The molecule has 0 saturated carbocycles. The van der Waals surface area contributed by atoms with Crippen LogP contribution < -0.4 is 4.74 Å². The second-order valence-corrected chi connectivity index (χ2v) is 5.47. The Balaban J connectivity index is 1.84. The molecule has 1 saturated heterocycles. The number of amides is 1. The van der Waals surface area contributed by atoms with Crippen LogP contribution in [0.5, 0.6) is 5.75 Å². The number of carbonyl (C=O) groups is 2. The molecule has 1 aliphatic heterocycles. The van der Waals surface area contributed by atoms with Gasteiger partial charge in [0.1, 0.15) is 5.75 Å². The normalized spacial score (nSPS) is 16.0. The molecule has 1 amide bonds. The minimum Gasteiger partial charge on any atom is -0.497 e. The third-order valence-electron chi connectivity index (χ3n) is 4.08. The number of H-pyrrole nitrogens is 1. The van der Waals surface area contributed by atoms with Crippen LogP contribution in [0.15, 0.2) is 24.4 Å². The minimum atomic E-state index is -0.521. The van der Waals surface area contributed by atoms with Gasteiger partial charge in [-0.2, -0.15) is 0 Å². The number of methoxy groups -OCH3 is 1. The van der Waals surface area contributed by atoms with Crippen molar-refractivity contribution in [3.63, 3.8) is 0 Å². The number of aromatic nitrogens is 1. The molecule has 0 spiro atoms. The van der Waals surface area contributed by atoms with Crippen LogP contribution >= 0.6 is 0 Å². The standard InChI is InChI=1S/C16H18N2O4/c1-22-11-2-3-12-13(9-17-14(12)8-11)15(20)16(21)18-6-4-10(19)5-7-18/h2-3,8-10,17,19H,4-7H2,1H3. The number of aliphatic hydroxyl groups is 1. The van der Waals surface area contributed by atoms with Gasteiger partial charge in [-0.3, -0.25) is 9.59 Å². The Bertz CT molecular complexity index is 714. The molecule has 22 heavy (non-hydrogen) atoms. The number of piperidine rings is 1. The zero-order valence-electron chi connectivity index (χ0n) is 12.3. The molecule has 2 N–H and O–H groups in total. The first-order chi connectivity index (χ1) is 10.6. The molecular formula is C16H18N2O4. The maximum absolute atomic E-state index is 12.5. The Labute approximate surface area is 127 Å². The van der Waals surface area contributed by atoms with E-state index < -0.39 is 11.7 Å². The number of hydrogen-bond acceptors (Lipinski definition) is 4. The summed E-state index contributed by atoms with van der Waals surface area (Å²) in [7, 11) is 1.57. The lowest BCUT2D eigenvalue weighted by molar-refractivity contribution is -0.128. The van der Waals surface area contributed by atoms with Crippen molar-refractivity contribution in [1.29, 1.82) is 0 Å². The monoisotopic (exact) mass is 302 g/mol. The quantitative estimate of drug-likeness (QED) is 0.662. The van der Waals surface area contributed by atoms with Crippen molar-refractivity contribution in [2.45, 2.75) is 18.9 Å². The van der Waals surface area contributed by atoms with E-state index in [4.69, 9.17) is 4.74 Å². The Morgan fingerprint density at radius 1 is 1.32 bits per heavy atom. The molecule has 1 aromatic heterocycles. The summed E-state index contributed by atoms with van der Waals surface area (Å²) in [5.41, 5.74) is 1.12. The number of nitrogens with one attached hydrogen (secondary N) is 1. The fourth-order valence-electron chi connectivity index (χ4n) is 2.75. The van der Waals surface area contributed by atoms with Crippen molar-refractivity contribution in [3.05, 3.63) is 30.0 Å². The highest BCUT2D eigenvalue weighted by Gasteiger charge is 2.28. The number of ketones is 1. The van der Waals surface area contributed by atoms with Crippen LogP contribution in [-0.4, -0.2) is 53.0 Å². The van der Waals surface area contributed by atoms with Gasteiger partial charge < -0.3 is 19.7 Å². The van der Waals surface area contributed by atoms with Crippen LogP contribution in [0.3, 0.4) is 0 Å². The summed E-state index contributed by atoms with van der Waals surface area (Å²) in [5.74, 6) is -0.346. The van der Waals surface area contributed by atoms with Crippen LogP contribution in [-0.2, 0) is 4.79 Å². The fourth-order valence-corrected chi connectivity index (χ4v) is 2.75. The predicted octanol–water partition coefficient (Wildman–Crippen LogP) is 1.34. The number of likely N-dealkylation sites (tertiary alicyclic amines) is 1. The number of ether oxygens (including phenoxy) is 1. The fraction of sp³-hybridized carbons (Fsp3) is 0.375. The molecule has 0 unspecified atom stereocenters. The van der Waals surface area contributed by atoms with Crippen molar-refractivity contribution in [2.24, 2.45) is 0 Å². The van der Waals surface area contributed by atoms with Gasteiger partial charge in [0.05, 0.1) is 18.8 Å². The highest BCUT2D eigenvalue weighted by Crippen LogP contribution is 2.24. The predicted molar refractivity (Wildman–Crippen MR) is 81.0 cm³/mol. The average molecular weight is 302 g/mol. The van der Waals surface area contributed by atoms with Crippen LogP contribution in [0, 0.1) is 0 Å². The highest BCUT2D eigenvalue weighted by atomic mass is 16.5. The van der Waals surface area contributed by atoms with Crippen LogP contribution in [0.1, 0.15) is 23.2 Å². The van der Waals surface area contributed by atoms with Crippen LogP contribution in [0.2, 0.25) is 0 Å². The van der Waals surface area contributed by atoms with Gasteiger partial charge in [-0.25, -0.2) is 0 Å². The molecule has 2 aromatic rings. The SMILES string of the molecule is COc1ccc2c(C(=O)C(=O)N3CCC(O)CC3)c[nH]c2c1. The number of nitrogens with zero attached hydrogens (tertiary/aromatic N) is 1. The van der Waals surface area contributed by atoms with Crippen LogP contribution in [0.25, 0.3) is 10.9 Å². The number of benzene rings is 1. The number of rotatable bonds is 3. The van der Waals surface area contributed by atoms with E-state index in [1.54, 1.807) is 31.5 Å². The summed E-state index contributed by atoms with van der Waals surface area (Å²) in [6.07, 6.45) is 2.22. The van der Waals surface area contributed by atoms with E-state index in [0.29, 0.717) is 42.6 Å². The Morgan fingerprint density at radius 3 is 2.73 bits per heavy atom. The van der Waals surface area contributed by atoms with Crippen molar-refractivity contribution in [3.8, 4) is 5.75 Å². The van der Waals surface area contributed by atoms with Gasteiger partial charge in [-0.15, -0.1) is 0 Å². The first kappa shape index (κ1) is 14.6. The molecule has 6 nitrogen and oxygen atoms in total. The Morgan fingerprint density at radius 2 is 2.05 bits per heavy atom. The largest absolute Gasteiger partial charge is 0.497 e. The Kier molecular flexibility index (Phi) is 3.85. The number of hydrogen-bond donors (Lipinski definition) is 2. The number of aliphatic hydroxyl groups excluding tert-OH is 1. The lowest BCUT2D eigenvalue weighted by atomic mass is 10.0. The highest BCUT2D eigenvalue weighted by molar-refractivity contribution is 6.44. The molecule has 1 fully saturated rings. The van der Waals surface area contributed by atoms with E-state index in [2.05, 4.69) is 4.98 Å². The number of carbonyl (C=O) groups excluding carboxylic acids is 2. The first-order valence-electron chi connectivity index (χ1n) is 7.27. The van der Waals surface area contributed by atoms with E-state index in [1.807, 2.05) is 0 Å². The molecule has 0 atom stereocenters. The van der Waals surface area contributed by atoms with E-state index in [0.717, 1.165) is 5.52 Å². The van der Waals surface area contributed by atoms with E-state index in [9.17, 15) is 14.7 Å². The van der Waals surface area contributed by atoms with Crippen molar-refractivity contribution < 1.29 is 19.4 Å². The summed E-state index contributed by atoms with van der Waals surface area (Å²) in [6.45, 7) is 0.837. The van der Waals surface area contributed by atoms with Crippen molar-refractivity contribution >= 4 is 22.6 Å². The second-order valence-electron chi connectivity index (χ2n) is 5.47. The van der Waals surface area contributed by atoms with Crippen LogP contribution in [0.4, 0.5) is 0 Å². The van der Waals surface area contributed by atoms with Gasteiger partial charge >= 0.3 is 0 Å². The van der Waals surface area contributed by atoms with Gasteiger partial charge in [0.2, 0.25) is 0 Å². The first-order valence-corrected chi connectivity index (χ1v) is 7.27. The lowest BCUT2D eigenvalue weighted by Gasteiger charge is -2.28. The summed E-state index contributed by atoms with van der Waals surface area (Å²) in [6, 6.07) is 5.31. The molecular weight excluding hydrogens is 284 g/mol. The molecule has 3 rings (SSSR count). The zero-order valence-corrected chi connectivity index (χ0v) is 12.3. The summed E-state index contributed by atoms with van der Waals surface area (Å²) < 4.78 is 5.14. The summed E-state index contributed by atoms with van der Waals surface area (Å²) in [4.78, 5) is 29.3. The van der Waals surface area contributed by atoms with Gasteiger partial charge in [-0.1, -0.05) is 0 Å². The number of aromatic amines is 1. The third-order valence-corrected chi connectivity index (χ3v) is 4.08. The Hall–Kier alpha value is -2.34. The molecule has 0 radical (unpaired) electrons. The van der Waals surface area contributed by atoms with Crippen molar-refractivity contribution in [2.75, 3.05) is 20.2 Å². The topological polar surface area (TPSA) is 82.6 Å². The molecule has 0 aliphatic carbocycles. The average Bonchev–Trinajstić information content (AvgIpc) is 2.97. The molecule has 1 aromatic carbocycles. The van der Waals surface area contributed by atoms with E-state index in [-0.39, 0.29) is 6.10 Å². The van der Waals surface area contributed by atoms with E-state index in [1.165, 1.54) is 4.90 Å². The molecule has 116 valence electrons. The number of fused-ring (bicyclic) bond motifs is 1. The van der Waals surface area contributed by atoms with Gasteiger partial charge in [0, 0.05) is 36.3 Å². The van der Waals surface area contributed by atoms with E-state index >= 15 is 0 Å². The maximum atomic E-state index is 12.5. The molecule has 6 heteroatoms. The maximum Gasteiger partial charge on any atom is 0.295 e. The third kappa shape index (κ3) is 2.57. The zero-order chi connectivity index (χ0) is 15.7. The molecule has 2 heterocycles. The minimum absolute atomic E-state index is 0.369. The van der Waals surface area contributed by atoms with Crippen molar-refractivity contribution in [1.82, 2.24) is 9.88 Å². The van der Waals surface area contributed by atoms with Gasteiger partial charge in [0.25, 0.3) is 11.7 Å². The summed E-state index contributed by atoms with van der Waals surface area (Å²) in [5, 5.41) is 10.2. The molecule has 1 aliphatic rings. The second kappa shape index (κ2) is 5.81. The lowest BCUT2D eigenvalue weighted by Crippen LogP contribution is -2.43. The van der Waals surface area contributed by atoms with Gasteiger partial charge in [0.15, 0.2) is 0 Å².